The van der Waals surface area contributed by atoms with E-state index in [1.807, 2.05) is 31.2 Å². The molecule has 0 unspecified atom stereocenters. The Morgan fingerprint density at radius 2 is 1.88 bits per heavy atom. The summed E-state index contributed by atoms with van der Waals surface area (Å²) in [4.78, 5) is 15.8. The number of benzene rings is 1. The number of carbonyl (C=O) groups excluding carboxylic acids is 1. The van der Waals surface area contributed by atoms with Crippen LogP contribution in [-0.4, -0.2) is 31.6 Å². The van der Waals surface area contributed by atoms with Crippen LogP contribution in [0.5, 0.6) is 5.75 Å². The van der Waals surface area contributed by atoms with Gasteiger partial charge in [-0.3, -0.25) is 4.79 Å². The third kappa shape index (κ3) is 10.6. The molecule has 0 aromatic heterocycles. The van der Waals surface area contributed by atoms with Crippen molar-refractivity contribution in [3.8, 4) is 5.75 Å². The molecule has 0 aliphatic rings. The normalized spacial score (nSPS) is 11.2. The number of carbonyl (C=O) groups is 1. The number of hydrogen-bond donors (Lipinski definition) is 3. The maximum Gasteiger partial charge on any atom is 0.257 e. The summed E-state index contributed by atoms with van der Waals surface area (Å²) in [5.41, 5.74) is 6.90. The average molecular weight is 363 g/mol. The fourth-order valence-corrected chi connectivity index (χ4v) is 2.48. The van der Waals surface area contributed by atoms with Crippen LogP contribution >= 0.6 is 0 Å². The van der Waals surface area contributed by atoms with E-state index in [1.165, 1.54) is 32.1 Å². The van der Waals surface area contributed by atoms with Crippen molar-refractivity contribution in [3.63, 3.8) is 0 Å². The molecule has 0 aliphatic heterocycles. The number of guanidine groups is 1. The van der Waals surface area contributed by atoms with Crippen LogP contribution in [0.15, 0.2) is 29.3 Å². The molecule has 0 saturated carbocycles. The summed E-state index contributed by atoms with van der Waals surface area (Å²) in [6.07, 6.45) is 7.54. The number of unbranched alkanes of at least 4 members (excludes halogenated alkanes) is 5. The lowest BCUT2D eigenvalue weighted by atomic mass is 10.1. The monoisotopic (exact) mass is 362 g/mol. The first kappa shape index (κ1) is 21.8. The SMILES string of the molecule is CCCCCCCCNC(N)=NCc1cccc(OCC(=O)NCC)c1. The van der Waals surface area contributed by atoms with Crippen LogP contribution in [0.25, 0.3) is 0 Å². The zero-order valence-corrected chi connectivity index (χ0v) is 16.2. The van der Waals surface area contributed by atoms with E-state index in [2.05, 4.69) is 22.5 Å². The molecule has 1 amide bonds. The number of likely N-dealkylation sites (N-methyl/N-ethyl adjacent to an activating group) is 1. The lowest BCUT2D eigenvalue weighted by Gasteiger charge is -2.08. The Hall–Kier alpha value is -2.24. The molecule has 0 spiro atoms. The van der Waals surface area contributed by atoms with Gasteiger partial charge in [0.15, 0.2) is 12.6 Å². The Kier molecular flexibility index (Phi) is 11.7. The van der Waals surface area contributed by atoms with Gasteiger partial charge in [0.2, 0.25) is 0 Å². The zero-order chi connectivity index (χ0) is 19.0. The first-order valence-corrected chi connectivity index (χ1v) is 9.68. The van der Waals surface area contributed by atoms with Crippen molar-refractivity contribution in [3.05, 3.63) is 29.8 Å². The highest BCUT2D eigenvalue weighted by molar-refractivity contribution is 5.78. The maximum atomic E-state index is 11.4. The van der Waals surface area contributed by atoms with Crippen LogP contribution < -0.4 is 21.1 Å². The largest absolute Gasteiger partial charge is 0.484 e. The van der Waals surface area contributed by atoms with Gasteiger partial charge >= 0.3 is 0 Å². The van der Waals surface area contributed by atoms with Gasteiger partial charge in [-0.25, -0.2) is 4.99 Å². The molecule has 1 aromatic rings. The lowest BCUT2D eigenvalue weighted by molar-refractivity contribution is -0.122. The second kappa shape index (κ2) is 14.0. The second-order valence-corrected chi connectivity index (χ2v) is 6.29. The van der Waals surface area contributed by atoms with Crippen molar-refractivity contribution in [1.82, 2.24) is 10.6 Å². The molecular weight excluding hydrogens is 328 g/mol. The molecule has 0 atom stereocenters. The molecule has 0 aliphatic carbocycles. The van der Waals surface area contributed by atoms with Gasteiger partial charge < -0.3 is 21.1 Å². The van der Waals surface area contributed by atoms with Crippen molar-refractivity contribution < 1.29 is 9.53 Å². The molecule has 1 aromatic carbocycles. The molecule has 6 nitrogen and oxygen atoms in total. The van der Waals surface area contributed by atoms with Gasteiger partial charge in [0.1, 0.15) is 5.75 Å². The third-order valence-electron chi connectivity index (χ3n) is 3.91. The number of hydrogen-bond acceptors (Lipinski definition) is 3. The summed E-state index contributed by atoms with van der Waals surface area (Å²) in [6, 6.07) is 7.55. The lowest BCUT2D eigenvalue weighted by Crippen LogP contribution is -2.32. The Morgan fingerprint density at radius 3 is 2.65 bits per heavy atom. The number of nitrogens with one attached hydrogen (secondary N) is 2. The molecule has 1 rings (SSSR count). The highest BCUT2D eigenvalue weighted by Gasteiger charge is 2.02. The fourth-order valence-electron chi connectivity index (χ4n) is 2.48. The molecular formula is C20H34N4O2. The van der Waals surface area contributed by atoms with Gasteiger partial charge in [0, 0.05) is 13.1 Å². The molecule has 0 heterocycles. The Labute approximate surface area is 157 Å². The van der Waals surface area contributed by atoms with Crippen LogP contribution in [0.1, 0.15) is 57.9 Å². The molecule has 0 fully saturated rings. The van der Waals surface area contributed by atoms with Crippen LogP contribution in [0.4, 0.5) is 0 Å². The quantitative estimate of drug-likeness (QED) is 0.286. The van der Waals surface area contributed by atoms with Crippen LogP contribution in [0, 0.1) is 0 Å². The first-order valence-electron chi connectivity index (χ1n) is 9.68. The van der Waals surface area contributed by atoms with Crippen molar-refractivity contribution in [1.29, 1.82) is 0 Å². The molecule has 0 radical (unpaired) electrons. The van der Waals surface area contributed by atoms with E-state index in [4.69, 9.17) is 10.5 Å². The zero-order valence-electron chi connectivity index (χ0n) is 16.2. The number of amides is 1. The Balaban J connectivity index is 2.28. The number of rotatable bonds is 13. The van der Waals surface area contributed by atoms with E-state index < -0.39 is 0 Å². The van der Waals surface area contributed by atoms with E-state index in [0.29, 0.717) is 24.8 Å². The topological polar surface area (TPSA) is 88.7 Å². The summed E-state index contributed by atoms with van der Waals surface area (Å²) in [5, 5.41) is 5.85. The van der Waals surface area contributed by atoms with Gasteiger partial charge in [-0.05, 0) is 31.0 Å². The maximum absolute atomic E-state index is 11.4. The standard InChI is InChI=1S/C20H34N4O2/c1-3-5-6-7-8-9-13-23-20(21)24-15-17-11-10-12-18(14-17)26-16-19(25)22-4-2/h10-12,14H,3-9,13,15-16H2,1-2H3,(H,22,25)(H3,21,23,24). The average Bonchev–Trinajstić information content (AvgIpc) is 2.64. The van der Waals surface area contributed by atoms with Crippen LogP contribution in [0.2, 0.25) is 0 Å². The highest BCUT2D eigenvalue weighted by atomic mass is 16.5. The molecule has 26 heavy (non-hydrogen) atoms. The van der Waals surface area contributed by atoms with E-state index in [1.54, 1.807) is 0 Å². The van der Waals surface area contributed by atoms with Gasteiger partial charge in [0.25, 0.3) is 5.91 Å². The van der Waals surface area contributed by atoms with E-state index >= 15 is 0 Å². The highest BCUT2D eigenvalue weighted by Crippen LogP contribution is 2.14. The van der Waals surface area contributed by atoms with Crippen molar-refractivity contribution in [2.45, 2.75) is 58.9 Å². The fraction of sp³-hybridized carbons (Fsp3) is 0.600. The third-order valence-corrected chi connectivity index (χ3v) is 3.91. The van der Waals surface area contributed by atoms with Crippen LogP contribution in [0.3, 0.4) is 0 Å². The molecule has 4 N–H and O–H groups in total. The van der Waals surface area contributed by atoms with Gasteiger partial charge in [-0.2, -0.15) is 0 Å². The minimum Gasteiger partial charge on any atom is -0.484 e. The summed E-state index contributed by atoms with van der Waals surface area (Å²) in [7, 11) is 0. The van der Waals surface area contributed by atoms with Crippen molar-refractivity contribution in [2.75, 3.05) is 19.7 Å². The molecule has 146 valence electrons. The summed E-state index contributed by atoms with van der Waals surface area (Å²) < 4.78 is 5.48. The summed E-state index contributed by atoms with van der Waals surface area (Å²) in [5.74, 6) is 0.994. The Bertz CT molecular complexity index is 546. The van der Waals surface area contributed by atoms with Gasteiger partial charge in [-0.15, -0.1) is 0 Å². The van der Waals surface area contributed by atoms with E-state index in [-0.39, 0.29) is 12.5 Å². The number of ether oxygens (including phenoxy) is 1. The summed E-state index contributed by atoms with van der Waals surface area (Å²) >= 11 is 0. The smallest absolute Gasteiger partial charge is 0.257 e. The molecule has 0 bridgehead atoms. The number of nitrogens with zero attached hydrogens (tertiary/aromatic N) is 1. The first-order chi connectivity index (χ1) is 12.7. The van der Waals surface area contributed by atoms with Crippen molar-refractivity contribution in [2.24, 2.45) is 10.7 Å². The van der Waals surface area contributed by atoms with Crippen LogP contribution in [-0.2, 0) is 11.3 Å². The molecule has 6 heteroatoms. The van der Waals surface area contributed by atoms with Crippen molar-refractivity contribution >= 4 is 11.9 Å². The van der Waals surface area contributed by atoms with E-state index in [9.17, 15) is 4.79 Å². The van der Waals surface area contributed by atoms with Gasteiger partial charge in [-0.1, -0.05) is 51.2 Å². The summed E-state index contributed by atoms with van der Waals surface area (Å²) in [6.45, 7) is 6.06. The molecule has 0 saturated heterocycles. The van der Waals surface area contributed by atoms with E-state index in [0.717, 1.165) is 18.5 Å². The second-order valence-electron chi connectivity index (χ2n) is 6.29. The predicted molar refractivity (Wildman–Crippen MR) is 107 cm³/mol. The predicted octanol–water partition coefficient (Wildman–Crippen LogP) is 2.97. The van der Waals surface area contributed by atoms with Gasteiger partial charge in [0.05, 0.1) is 6.54 Å². The minimum absolute atomic E-state index is 0.0164. The Morgan fingerprint density at radius 1 is 1.12 bits per heavy atom. The number of aliphatic imine (C=N–C) groups is 1. The number of nitrogens with two attached hydrogens (primary N) is 1. The minimum atomic E-state index is -0.126.